The highest BCUT2D eigenvalue weighted by Crippen LogP contribution is 2.58. The lowest BCUT2D eigenvalue weighted by Gasteiger charge is -2.38. The number of phosphoric ester groups is 1. The van der Waals surface area contributed by atoms with Gasteiger partial charge in [-0.3, -0.25) is 32.9 Å². The van der Waals surface area contributed by atoms with Crippen LogP contribution in [0.4, 0.5) is 0 Å². The van der Waals surface area contributed by atoms with E-state index >= 15 is 0 Å². The van der Waals surface area contributed by atoms with Crippen molar-refractivity contribution in [3.63, 3.8) is 0 Å². The fraction of sp³-hybridized carbons (Fsp3) is 0.737. The first-order chi connectivity index (χ1) is 14.5. The van der Waals surface area contributed by atoms with E-state index in [1.165, 1.54) is 17.2 Å². The van der Waals surface area contributed by atoms with Crippen LogP contribution >= 0.6 is 7.82 Å². The number of hydrogen-bond acceptors (Lipinski definition) is 10. The van der Waals surface area contributed by atoms with Gasteiger partial charge in [-0.25, -0.2) is 4.57 Å². The molecule has 7 atom stereocenters. The van der Waals surface area contributed by atoms with E-state index in [2.05, 4.69) is 0 Å². The van der Waals surface area contributed by atoms with Crippen molar-refractivity contribution in [1.29, 1.82) is 0 Å². The molecule has 0 aromatic carbocycles. The summed E-state index contributed by atoms with van der Waals surface area (Å²) < 4.78 is 40.5. The second-order valence-corrected chi connectivity index (χ2v) is 10.4. The molecule has 2 unspecified atom stereocenters. The van der Waals surface area contributed by atoms with Crippen LogP contribution in [-0.2, 0) is 42.0 Å². The summed E-state index contributed by atoms with van der Waals surface area (Å²) in [6, 6.07) is 0. The van der Waals surface area contributed by atoms with Gasteiger partial charge in [0.1, 0.15) is 12.2 Å². The van der Waals surface area contributed by atoms with Gasteiger partial charge in [0.2, 0.25) is 5.91 Å². The van der Waals surface area contributed by atoms with Crippen LogP contribution in [0, 0.1) is 11.8 Å². The number of fused-ring (bicyclic) bond motifs is 1. The number of amides is 1. The third kappa shape index (κ3) is 4.48. The third-order valence-corrected chi connectivity index (χ3v) is 7.15. The van der Waals surface area contributed by atoms with Crippen molar-refractivity contribution in [2.75, 3.05) is 13.2 Å². The monoisotopic (exact) mass is 458 g/mol. The molecular weight excluding hydrogens is 431 g/mol. The molecule has 31 heavy (non-hydrogen) atoms. The van der Waals surface area contributed by atoms with Crippen LogP contribution in [0.5, 0.6) is 0 Å². The molecule has 3 fully saturated rings. The molecule has 0 spiro atoms. The van der Waals surface area contributed by atoms with Crippen molar-refractivity contribution in [2.24, 2.45) is 17.6 Å². The van der Waals surface area contributed by atoms with E-state index in [-0.39, 0.29) is 49.3 Å². The number of allylic oxidation sites excluding steroid dienone is 1. The Morgan fingerprint density at radius 1 is 1.42 bits per heavy atom. The highest BCUT2D eigenvalue weighted by molar-refractivity contribution is 7.48. The van der Waals surface area contributed by atoms with Gasteiger partial charge in [0.05, 0.1) is 37.2 Å². The van der Waals surface area contributed by atoms with Crippen LogP contribution in [0.2, 0.25) is 0 Å². The van der Waals surface area contributed by atoms with Crippen LogP contribution in [0.25, 0.3) is 0 Å². The normalized spacial score (nSPS) is 42.1. The molecule has 2 N–H and O–H groups in total. The number of carbonyl (C=O) groups excluding carboxylic acids is 3. The Kier molecular flexibility index (Phi) is 5.87. The van der Waals surface area contributed by atoms with Crippen molar-refractivity contribution in [1.82, 2.24) is 4.90 Å². The van der Waals surface area contributed by atoms with Gasteiger partial charge >= 0.3 is 13.8 Å². The Bertz CT molecular complexity index is 857. The Labute approximate surface area is 179 Å². The van der Waals surface area contributed by atoms with Gasteiger partial charge in [0.25, 0.3) is 0 Å². The van der Waals surface area contributed by atoms with Crippen LogP contribution < -0.4 is 5.73 Å². The van der Waals surface area contributed by atoms with Gasteiger partial charge in [-0.2, -0.15) is 0 Å². The lowest BCUT2D eigenvalue weighted by atomic mass is 9.92. The van der Waals surface area contributed by atoms with Crippen LogP contribution in [0.15, 0.2) is 12.3 Å². The topological polar surface area (TPSA) is 144 Å². The van der Waals surface area contributed by atoms with Crippen LogP contribution in [0.1, 0.15) is 33.6 Å². The van der Waals surface area contributed by atoms with E-state index in [0.717, 1.165) is 0 Å². The number of ether oxygens (including phenoxy) is 2. The fourth-order valence-electron chi connectivity index (χ4n) is 3.98. The van der Waals surface area contributed by atoms with Crippen molar-refractivity contribution in [3.05, 3.63) is 12.3 Å². The van der Waals surface area contributed by atoms with Crippen molar-refractivity contribution in [3.8, 4) is 0 Å². The average molecular weight is 458 g/mol. The quantitative estimate of drug-likeness (QED) is 0.346. The molecule has 3 heterocycles. The molecule has 0 bridgehead atoms. The van der Waals surface area contributed by atoms with Gasteiger partial charge in [-0.15, -0.1) is 0 Å². The summed E-state index contributed by atoms with van der Waals surface area (Å²) in [4.78, 5) is 36.9. The minimum absolute atomic E-state index is 0.0214. The molecule has 1 amide bonds. The molecule has 11 nitrogen and oxygen atoms in total. The number of ketones is 1. The van der Waals surface area contributed by atoms with E-state index in [9.17, 15) is 18.9 Å². The smallest absolute Gasteiger partial charge is 0.463 e. The first kappa shape index (κ1) is 22.6. The van der Waals surface area contributed by atoms with Gasteiger partial charge in [-0.1, -0.05) is 0 Å². The Morgan fingerprint density at radius 3 is 2.84 bits per heavy atom. The molecule has 12 heteroatoms. The molecular formula is C19H27N2O9P. The minimum atomic E-state index is -3.94. The van der Waals surface area contributed by atoms with Crippen molar-refractivity contribution in [2.45, 2.75) is 63.7 Å². The standard InChI is InChI=1S/C19H27N2O9P/c1-10(2)28-17(24)13-6-11(13)8-26-31(25)27-9-14-16(30-31)19(3,20)18(29-14)21-5-4-12(22)7-15(21)23/h4-5,10-11,13-14,16,18H,6-9,20H2,1-3H3/t11?,13?,14-,16-,18-,19-,31-/m1/s1. The summed E-state index contributed by atoms with van der Waals surface area (Å²) in [7, 11) is -3.94. The molecule has 0 aromatic heterocycles. The number of carbonyl (C=O) groups is 3. The molecule has 1 aliphatic carbocycles. The summed E-state index contributed by atoms with van der Waals surface area (Å²) in [5.41, 5.74) is 5.21. The van der Waals surface area contributed by atoms with E-state index in [4.69, 9.17) is 28.8 Å². The van der Waals surface area contributed by atoms with Crippen molar-refractivity contribution < 1.29 is 42.0 Å². The predicted octanol–water partition coefficient (Wildman–Crippen LogP) is 0.872. The molecule has 172 valence electrons. The zero-order valence-corrected chi connectivity index (χ0v) is 18.5. The molecule has 0 aromatic rings. The third-order valence-electron chi connectivity index (χ3n) is 5.74. The lowest BCUT2D eigenvalue weighted by molar-refractivity contribution is -0.149. The SMILES string of the molecule is CC(C)OC(=O)C1CC1CO[P@]1(=O)OC[C@H]2O[C@@H](N3C=CC(=O)CC3=O)[C@](C)(N)[C@@H]2O1. The highest BCUT2D eigenvalue weighted by Gasteiger charge is 2.60. The number of rotatable bonds is 6. The summed E-state index contributed by atoms with van der Waals surface area (Å²) in [6.45, 7) is 5.09. The molecule has 4 aliphatic rings. The number of phosphoric acid groups is 1. The number of hydrogen-bond donors (Lipinski definition) is 1. The Morgan fingerprint density at radius 2 is 2.16 bits per heavy atom. The first-order valence-corrected chi connectivity index (χ1v) is 11.7. The number of nitrogens with two attached hydrogens (primary N) is 1. The zero-order chi connectivity index (χ0) is 22.6. The van der Waals surface area contributed by atoms with E-state index < -0.39 is 37.7 Å². The molecule has 1 saturated carbocycles. The summed E-state index contributed by atoms with van der Waals surface area (Å²) in [6.07, 6.45) is 0.269. The Balaban J connectivity index is 1.37. The zero-order valence-electron chi connectivity index (χ0n) is 17.6. The van der Waals surface area contributed by atoms with Gasteiger partial charge in [-0.05, 0) is 39.2 Å². The van der Waals surface area contributed by atoms with E-state index in [1.807, 2.05) is 0 Å². The summed E-state index contributed by atoms with van der Waals surface area (Å²) in [5, 5.41) is 0. The minimum Gasteiger partial charge on any atom is -0.463 e. The van der Waals surface area contributed by atoms with Gasteiger partial charge < -0.3 is 15.2 Å². The second-order valence-electron chi connectivity index (χ2n) is 8.81. The number of esters is 1. The second kappa shape index (κ2) is 8.06. The van der Waals surface area contributed by atoms with E-state index in [1.54, 1.807) is 20.8 Å². The fourth-order valence-corrected chi connectivity index (χ4v) is 5.52. The lowest BCUT2D eigenvalue weighted by Crippen LogP contribution is -2.60. The molecule has 0 radical (unpaired) electrons. The highest BCUT2D eigenvalue weighted by atomic mass is 31.2. The predicted molar refractivity (Wildman–Crippen MR) is 104 cm³/mol. The summed E-state index contributed by atoms with van der Waals surface area (Å²) >= 11 is 0. The maximum absolute atomic E-state index is 13.0. The largest absolute Gasteiger partial charge is 0.475 e. The number of nitrogens with zero attached hydrogens (tertiary/aromatic N) is 1. The maximum Gasteiger partial charge on any atom is 0.475 e. The van der Waals surface area contributed by atoms with Crippen molar-refractivity contribution >= 4 is 25.5 Å². The van der Waals surface area contributed by atoms with Gasteiger partial charge in [0, 0.05) is 6.20 Å². The maximum atomic E-state index is 13.0. The van der Waals surface area contributed by atoms with E-state index in [0.29, 0.717) is 6.42 Å². The molecule has 4 rings (SSSR count). The first-order valence-electron chi connectivity index (χ1n) is 10.2. The molecule has 3 aliphatic heterocycles. The van der Waals surface area contributed by atoms with Crippen LogP contribution in [0.3, 0.4) is 0 Å². The average Bonchev–Trinajstić information content (AvgIpc) is 3.41. The van der Waals surface area contributed by atoms with Gasteiger partial charge in [0.15, 0.2) is 12.0 Å². The Hall–Kier alpha value is -1.62. The summed E-state index contributed by atoms with van der Waals surface area (Å²) in [5.74, 6) is -1.45. The van der Waals surface area contributed by atoms with Crippen LogP contribution in [-0.4, -0.2) is 65.9 Å². The molecule has 2 saturated heterocycles.